The molecular weight excluding hydrogens is 437 g/mol. The Labute approximate surface area is 190 Å². The summed E-state index contributed by atoms with van der Waals surface area (Å²) >= 11 is 0. The minimum absolute atomic E-state index is 0.319. The van der Waals surface area contributed by atoms with E-state index in [1.807, 2.05) is 12.1 Å². The van der Waals surface area contributed by atoms with Gasteiger partial charge in [-0.15, -0.1) is 0 Å². The van der Waals surface area contributed by atoms with E-state index in [2.05, 4.69) is 11.1 Å². The summed E-state index contributed by atoms with van der Waals surface area (Å²) in [6.45, 7) is 2.22. The van der Waals surface area contributed by atoms with Gasteiger partial charge in [0.2, 0.25) is 0 Å². The average molecular weight is 471 g/mol. The van der Waals surface area contributed by atoms with Crippen LogP contribution < -0.4 is 4.18 Å². The summed E-state index contributed by atoms with van der Waals surface area (Å²) in [5.74, 6) is -0.319. The number of unbranched alkanes of at least 4 members (excludes halogenated alkanes) is 9. The van der Waals surface area contributed by atoms with Gasteiger partial charge in [-0.1, -0.05) is 107 Å². The Morgan fingerprint density at radius 2 is 1.22 bits per heavy atom. The van der Waals surface area contributed by atoms with E-state index < -0.39 is 15.6 Å². The van der Waals surface area contributed by atoms with E-state index in [1.54, 1.807) is 24.3 Å². The third kappa shape index (κ3) is 8.15. The van der Waals surface area contributed by atoms with Crippen LogP contribution in [0.1, 0.15) is 76.7 Å². The molecule has 178 valence electrons. The molecule has 2 aromatic rings. The van der Waals surface area contributed by atoms with Gasteiger partial charge in [0.1, 0.15) is 0 Å². The number of benzene rings is 2. The fraction of sp³-hybridized carbons (Fsp3) is 0.520. The number of alkyl halides is 3. The van der Waals surface area contributed by atoms with Gasteiger partial charge in [0.05, 0.1) is 0 Å². The van der Waals surface area contributed by atoms with Gasteiger partial charge in [-0.25, -0.2) is 0 Å². The van der Waals surface area contributed by atoms with Crippen LogP contribution in [0.4, 0.5) is 13.2 Å². The molecule has 0 aliphatic heterocycles. The quantitative estimate of drug-likeness (QED) is 0.159. The highest BCUT2D eigenvalue weighted by atomic mass is 32.2. The molecule has 2 aromatic carbocycles. The summed E-state index contributed by atoms with van der Waals surface area (Å²) in [5.41, 5.74) is -3.48. The normalized spacial score (nSPS) is 12.1. The second-order valence-electron chi connectivity index (χ2n) is 8.07. The topological polar surface area (TPSA) is 43.4 Å². The predicted octanol–water partition coefficient (Wildman–Crippen LogP) is 8.05. The zero-order valence-electron chi connectivity index (χ0n) is 18.7. The Bertz CT molecular complexity index is 924. The average Bonchev–Trinajstić information content (AvgIpc) is 2.75. The van der Waals surface area contributed by atoms with Crippen molar-refractivity contribution in [1.82, 2.24) is 0 Å². The zero-order chi connectivity index (χ0) is 23.5. The van der Waals surface area contributed by atoms with E-state index in [-0.39, 0.29) is 5.75 Å². The lowest BCUT2D eigenvalue weighted by Crippen LogP contribution is -2.28. The van der Waals surface area contributed by atoms with Crippen molar-refractivity contribution in [3.8, 4) is 16.9 Å². The number of hydrogen-bond donors (Lipinski definition) is 0. The van der Waals surface area contributed by atoms with Crippen LogP contribution in [-0.4, -0.2) is 13.9 Å². The van der Waals surface area contributed by atoms with Crippen LogP contribution in [0, 0.1) is 0 Å². The summed E-state index contributed by atoms with van der Waals surface area (Å²) in [7, 11) is -5.73. The maximum atomic E-state index is 12.8. The molecule has 32 heavy (non-hydrogen) atoms. The molecule has 0 unspecified atom stereocenters. The third-order valence-electron chi connectivity index (χ3n) is 5.48. The molecule has 2 rings (SSSR count). The number of hydrogen-bond acceptors (Lipinski definition) is 3. The summed E-state index contributed by atoms with van der Waals surface area (Å²) in [4.78, 5) is 0. The highest BCUT2D eigenvalue weighted by Gasteiger charge is 2.48. The van der Waals surface area contributed by atoms with Crippen molar-refractivity contribution in [3.63, 3.8) is 0 Å². The second-order valence-corrected chi connectivity index (χ2v) is 9.61. The van der Waals surface area contributed by atoms with Gasteiger partial charge in [0.15, 0.2) is 5.75 Å². The van der Waals surface area contributed by atoms with Crippen molar-refractivity contribution >= 4 is 10.1 Å². The highest BCUT2D eigenvalue weighted by Crippen LogP contribution is 2.36. The first-order valence-corrected chi connectivity index (χ1v) is 12.8. The molecule has 0 fully saturated rings. The van der Waals surface area contributed by atoms with Crippen molar-refractivity contribution in [2.45, 2.75) is 83.1 Å². The van der Waals surface area contributed by atoms with Gasteiger partial charge in [-0.05, 0) is 30.0 Å². The molecule has 0 aliphatic carbocycles. The molecule has 0 spiro atoms. The van der Waals surface area contributed by atoms with Crippen LogP contribution in [0.25, 0.3) is 11.1 Å². The van der Waals surface area contributed by atoms with E-state index in [0.29, 0.717) is 11.1 Å². The van der Waals surface area contributed by atoms with Crippen LogP contribution >= 0.6 is 0 Å². The molecule has 0 saturated carbocycles. The summed E-state index contributed by atoms with van der Waals surface area (Å²) < 4.78 is 65.9. The highest BCUT2D eigenvalue weighted by molar-refractivity contribution is 7.88. The lowest BCUT2D eigenvalue weighted by atomic mass is 9.95. The van der Waals surface area contributed by atoms with Gasteiger partial charge in [-0.2, -0.15) is 21.6 Å². The predicted molar refractivity (Wildman–Crippen MR) is 123 cm³/mol. The second kappa shape index (κ2) is 12.9. The number of para-hydroxylation sites is 1. The van der Waals surface area contributed by atoms with E-state index in [4.69, 9.17) is 0 Å². The molecular formula is C25H33F3O3S. The van der Waals surface area contributed by atoms with Gasteiger partial charge in [-0.3, -0.25) is 0 Å². The molecule has 7 heteroatoms. The maximum Gasteiger partial charge on any atom is 0.534 e. The largest absolute Gasteiger partial charge is 0.534 e. The molecule has 0 amide bonds. The molecule has 0 aromatic heterocycles. The summed E-state index contributed by atoms with van der Waals surface area (Å²) in [6, 6.07) is 13.3. The van der Waals surface area contributed by atoms with E-state index in [1.165, 1.54) is 63.5 Å². The Morgan fingerprint density at radius 3 is 1.81 bits per heavy atom. The van der Waals surface area contributed by atoms with Crippen molar-refractivity contribution in [2.24, 2.45) is 0 Å². The van der Waals surface area contributed by atoms with Crippen LogP contribution in [0.2, 0.25) is 0 Å². The standard InChI is InChI=1S/C25H33F3O3S/c1-2-3-4-5-6-7-8-9-10-11-16-21-17-12-13-18-22(21)23-19-14-15-20-24(23)31-32(29,30)25(26,27)28/h12-15,17-20H,2-11,16H2,1H3. The first-order chi connectivity index (χ1) is 15.3. The van der Waals surface area contributed by atoms with E-state index in [9.17, 15) is 21.6 Å². The molecule has 3 nitrogen and oxygen atoms in total. The first-order valence-electron chi connectivity index (χ1n) is 11.4. The molecule has 0 atom stereocenters. The van der Waals surface area contributed by atoms with Crippen molar-refractivity contribution in [1.29, 1.82) is 0 Å². The van der Waals surface area contributed by atoms with Crippen LogP contribution in [0.3, 0.4) is 0 Å². The first kappa shape index (κ1) is 26.2. The fourth-order valence-corrected chi connectivity index (χ4v) is 4.21. The van der Waals surface area contributed by atoms with E-state index >= 15 is 0 Å². The smallest absolute Gasteiger partial charge is 0.375 e. The molecule has 0 saturated heterocycles. The van der Waals surface area contributed by atoms with Crippen LogP contribution in [0.5, 0.6) is 5.75 Å². The molecule has 0 aliphatic rings. The molecule has 0 radical (unpaired) electrons. The van der Waals surface area contributed by atoms with Crippen molar-refractivity contribution in [2.75, 3.05) is 0 Å². The molecule has 0 N–H and O–H groups in total. The Morgan fingerprint density at radius 1 is 0.719 bits per heavy atom. The number of rotatable bonds is 14. The Hall–Kier alpha value is -2.02. The lowest BCUT2D eigenvalue weighted by molar-refractivity contribution is -0.0499. The number of aryl methyl sites for hydroxylation is 1. The van der Waals surface area contributed by atoms with Gasteiger partial charge in [0.25, 0.3) is 0 Å². The minimum atomic E-state index is -5.73. The maximum absolute atomic E-state index is 12.8. The van der Waals surface area contributed by atoms with Gasteiger partial charge in [0, 0.05) is 5.56 Å². The Kier molecular flexibility index (Phi) is 10.6. The van der Waals surface area contributed by atoms with Crippen LogP contribution in [0.15, 0.2) is 48.5 Å². The monoisotopic (exact) mass is 470 g/mol. The van der Waals surface area contributed by atoms with Crippen LogP contribution in [-0.2, 0) is 16.5 Å². The Balaban J connectivity index is 1.97. The zero-order valence-corrected chi connectivity index (χ0v) is 19.5. The molecule has 0 bridgehead atoms. The number of halogens is 3. The third-order valence-corrected chi connectivity index (χ3v) is 6.44. The van der Waals surface area contributed by atoms with Crippen molar-refractivity contribution in [3.05, 3.63) is 54.1 Å². The summed E-state index contributed by atoms with van der Waals surface area (Å²) in [6.07, 6.45) is 13.0. The van der Waals surface area contributed by atoms with Gasteiger partial charge < -0.3 is 4.18 Å². The lowest BCUT2D eigenvalue weighted by Gasteiger charge is -2.15. The molecule has 0 heterocycles. The SMILES string of the molecule is CCCCCCCCCCCCc1ccccc1-c1ccccc1OS(=O)(=O)C(F)(F)F. The fourth-order valence-electron chi connectivity index (χ4n) is 3.73. The van der Waals surface area contributed by atoms with E-state index in [0.717, 1.165) is 24.8 Å². The van der Waals surface area contributed by atoms with Crippen molar-refractivity contribution < 1.29 is 25.8 Å². The van der Waals surface area contributed by atoms with Gasteiger partial charge >= 0.3 is 15.6 Å². The summed E-state index contributed by atoms with van der Waals surface area (Å²) in [5, 5.41) is 0. The minimum Gasteiger partial charge on any atom is -0.375 e.